The molecule has 0 saturated carbocycles. The molecule has 0 aliphatic carbocycles. The average Bonchev–Trinajstić information content (AvgIpc) is 3.19. The number of thioether (sulfide) groups is 1. The van der Waals surface area contributed by atoms with Crippen LogP contribution in [0.15, 0.2) is 40.0 Å². The second kappa shape index (κ2) is 12.5. The molecule has 1 amide bonds. The van der Waals surface area contributed by atoms with Gasteiger partial charge in [0, 0.05) is 56.9 Å². The highest BCUT2D eigenvalue weighted by atomic mass is 32.2. The van der Waals surface area contributed by atoms with Crippen LogP contribution in [0.3, 0.4) is 0 Å². The van der Waals surface area contributed by atoms with E-state index in [1.54, 1.807) is 17.6 Å². The van der Waals surface area contributed by atoms with Gasteiger partial charge in [-0.25, -0.2) is 0 Å². The van der Waals surface area contributed by atoms with Crippen molar-refractivity contribution in [3.05, 3.63) is 62.3 Å². The molecule has 1 aromatic heterocycles. The minimum absolute atomic E-state index is 0.0537. The molecule has 11 heteroatoms. The standard InChI is InChI=1S/C28H31N5O4S2/c1-3-11-32-25(31-15-13-30(14-16-31)20-8-5-4-6-9-20)21(19(2)22(18-29)26(32)36)17-23-27(37)33(28(38)39-23)12-7-10-24(34)35/h4-6,8-9,17H,3,7,10-16H2,1-2H3,(H,34,35)/b23-17+. The Morgan fingerprint density at radius 2 is 1.79 bits per heavy atom. The number of thiocarbonyl (C=S) groups is 1. The molecule has 204 valence electrons. The molecular weight excluding hydrogens is 534 g/mol. The first-order valence-corrected chi connectivity index (χ1v) is 14.2. The molecule has 2 fully saturated rings. The molecule has 0 unspecified atom stereocenters. The predicted molar refractivity (Wildman–Crippen MR) is 158 cm³/mol. The van der Waals surface area contributed by atoms with Crippen LogP contribution in [0.5, 0.6) is 0 Å². The van der Waals surface area contributed by atoms with Gasteiger partial charge < -0.3 is 14.9 Å². The van der Waals surface area contributed by atoms with Crippen molar-refractivity contribution in [2.75, 3.05) is 42.5 Å². The Bertz CT molecular complexity index is 1410. The van der Waals surface area contributed by atoms with E-state index in [9.17, 15) is 19.6 Å². The maximum absolute atomic E-state index is 13.4. The summed E-state index contributed by atoms with van der Waals surface area (Å²) in [4.78, 5) is 43.9. The Labute approximate surface area is 237 Å². The van der Waals surface area contributed by atoms with Gasteiger partial charge in [-0.05, 0) is 43.5 Å². The number of amides is 1. The predicted octanol–water partition coefficient (Wildman–Crippen LogP) is 3.83. The van der Waals surface area contributed by atoms with Crippen LogP contribution in [0.2, 0.25) is 0 Å². The van der Waals surface area contributed by atoms with Gasteiger partial charge in [0.15, 0.2) is 0 Å². The lowest BCUT2D eigenvalue weighted by Crippen LogP contribution is -2.48. The number of anilines is 2. The van der Waals surface area contributed by atoms with Gasteiger partial charge in [-0.15, -0.1) is 0 Å². The summed E-state index contributed by atoms with van der Waals surface area (Å²) in [5.74, 6) is -0.505. The molecule has 2 aliphatic rings. The van der Waals surface area contributed by atoms with E-state index >= 15 is 0 Å². The van der Waals surface area contributed by atoms with Crippen LogP contribution in [-0.4, -0.2) is 63.5 Å². The van der Waals surface area contributed by atoms with Crippen molar-refractivity contribution in [2.45, 2.75) is 39.7 Å². The Kier molecular flexibility index (Phi) is 9.09. The Hall–Kier alpha value is -3.62. The van der Waals surface area contributed by atoms with Gasteiger partial charge in [0.2, 0.25) is 0 Å². The zero-order valence-corrected chi connectivity index (χ0v) is 23.7. The maximum Gasteiger partial charge on any atom is 0.303 e. The highest BCUT2D eigenvalue weighted by Crippen LogP contribution is 2.36. The molecule has 0 bridgehead atoms. The van der Waals surface area contributed by atoms with Crippen molar-refractivity contribution in [2.24, 2.45) is 0 Å². The van der Waals surface area contributed by atoms with Gasteiger partial charge in [0.1, 0.15) is 21.8 Å². The molecule has 1 N–H and O–H groups in total. The van der Waals surface area contributed by atoms with Crippen LogP contribution in [-0.2, 0) is 16.1 Å². The fourth-order valence-electron chi connectivity index (χ4n) is 4.94. The number of carboxylic acid groups (broad SMARTS) is 1. The number of carbonyl (C=O) groups excluding carboxylic acids is 1. The first-order valence-electron chi connectivity index (χ1n) is 13.0. The van der Waals surface area contributed by atoms with Gasteiger partial charge >= 0.3 is 5.97 Å². The zero-order valence-electron chi connectivity index (χ0n) is 22.1. The summed E-state index contributed by atoms with van der Waals surface area (Å²) in [6.07, 6.45) is 2.69. The van der Waals surface area contributed by atoms with Gasteiger partial charge in [-0.2, -0.15) is 5.26 Å². The molecule has 39 heavy (non-hydrogen) atoms. The summed E-state index contributed by atoms with van der Waals surface area (Å²) in [5, 5.41) is 18.8. The molecule has 3 heterocycles. The van der Waals surface area contributed by atoms with Gasteiger partial charge in [0.05, 0.1) is 4.91 Å². The topological polar surface area (TPSA) is 110 Å². The third-order valence-electron chi connectivity index (χ3n) is 6.92. The van der Waals surface area contributed by atoms with Crippen molar-refractivity contribution in [3.8, 4) is 6.07 Å². The van der Waals surface area contributed by atoms with Crippen molar-refractivity contribution in [3.63, 3.8) is 0 Å². The fourth-order valence-corrected chi connectivity index (χ4v) is 6.23. The number of rotatable bonds is 9. The number of benzene rings is 1. The molecule has 4 rings (SSSR count). The summed E-state index contributed by atoms with van der Waals surface area (Å²) in [6.45, 7) is 7.25. The number of aliphatic carboxylic acids is 1. The molecule has 2 aromatic rings. The summed E-state index contributed by atoms with van der Waals surface area (Å²) in [6, 6.07) is 12.3. The number of hydrogen-bond donors (Lipinski definition) is 1. The number of carboxylic acids is 1. The number of nitrogens with zero attached hydrogens (tertiary/aromatic N) is 5. The number of nitriles is 1. The van der Waals surface area contributed by atoms with Crippen molar-refractivity contribution >= 4 is 57.8 Å². The lowest BCUT2D eigenvalue weighted by Gasteiger charge is -2.39. The summed E-state index contributed by atoms with van der Waals surface area (Å²) < 4.78 is 2.04. The van der Waals surface area contributed by atoms with Crippen LogP contribution in [0, 0.1) is 18.3 Å². The number of pyridine rings is 1. The van der Waals surface area contributed by atoms with Crippen LogP contribution < -0.4 is 15.4 Å². The van der Waals surface area contributed by atoms with Crippen LogP contribution in [0.25, 0.3) is 6.08 Å². The normalized spacial score (nSPS) is 16.7. The third kappa shape index (κ3) is 6.02. The van der Waals surface area contributed by atoms with Gasteiger partial charge in [0.25, 0.3) is 11.5 Å². The van der Waals surface area contributed by atoms with E-state index in [-0.39, 0.29) is 30.0 Å². The smallest absolute Gasteiger partial charge is 0.303 e. The SMILES string of the molecule is CCCn1c(N2CCN(c3ccccc3)CC2)c(/C=C2/SC(=S)N(CCCC(=O)O)C2=O)c(C)c(C#N)c1=O. The van der Waals surface area contributed by atoms with E-state index in [2.05, 4.69) is 28.0 Å². The second-order valence-corrected chi connectivity index (χ2v) is 11.1. The van der Waals surface area contributed by atoms with E-state index < -0.39 is 5.97 Å². The van der Waals surface area contributed by atoms with Crippen LogP contribution in [0.1, 0.15) is 42.9 Å². The highest BCUT2D eigenvalue weighted by Gasteiger charge is 2.33. The minimum atomic E-state index is -0.925. The lowest BCUT2D eigenvalue weighted by atomic mass is 10.0. The van der Waals surface area contributed by atoms with Crippen molar-refractivity contribution < 1.29 is 14.7 Å². The molecule has 1 aromatic carbocycles. The first kappa shape index (κ1) is 28.4. The van der Waals surface area contributed by atoms with Crippen LogP contribution in [0.4, 0.5) is 11.5 Å². The second-order valence-electron chi connectivity index (χ2n) is 9.45. The summed E-state index contributed by atoms with van der Waals surface area (Å²) in [7, 11) is 0. The zero-order chi connectivity index (χ0) is 28.1. The van der Waals surface area contributed by atoms with E-state index in [0.29, 0.717) is 58.6 Å². The number of para-hydroxylation sites is 1. The number of hydrogen-bond acceptors (Lipinski definition) is 8. The maximum atomic E-state index is 13.4. The fraction of sp³-hybridized carbons (Fsp3) is 0.393. The third-order valence-corrected chi connectivity index (χ3v) is 8.29. The van der Waals surface area contributed by atoms with E-state index in [0.717, 1.165) is 30.5 Å². The van der Waals surface area contributed by atoms with E-state index in [1.165, 1.54) is 4.90 Å². The van der Waals surface area contributed by atoms with Crippen molar-refractivity contribution in [1.82, 2.24) is 9.47 Å². The Balaban J connectivity index is 1.73. The first-order chi connectivity index (χ1) is 18.8. The number of piperazine rings is 1. The van der Waals surface area contributed by atoms with Gasteiger partial charge in [-0.1, -0.05) is 49.1 Å². The molecule has 0 atom stereocenters. The average molecular weight is 566 g/mol. The van der Waals surface area contributed by atoms with E-state index in [4.69, 9.17) is 17.3 Å². The molecular formula is C28H31N5O4S2. The molecule has 2 aliphatic heterocycles. The van der Waals surface area contributed by atoms with Crippen molar-refractivity contribution in [1.29, 1.82) is 5.26 Å². The highest BCUT2D eigenvalue weighted by molar-refractivity contribution is 8.26. The number of carbonyl (C=O) groups is 2. The Morgan fingerprint density at radius 1 is 1.13 bits per heavy atom. The molecule has 9 nitrogen and oxygen atoms in total. The minimum Gasteiger partial charge on any atom is -0.481 e. The molecule has 0 radical (unpaired) electrons. The van der Waals surface area contributed by atoms with Gasteiger partial charge in [-0.3, -0.25) is 23.9 Å². The van der Waals surface area contributed by atoms with Crippen LogP contribution >= 0.6 is 24.0 Å². The molecule has 0 spiro atoms. The molecule has 2 saturated heterocycles. The van der Waals surface area contributed by atoms with E-state index in [1.807, 2.05) is 25.1 Å². The Morgan fingerprint density at radius 3 is 2.41 bits per heavy atom. The summed E-state index contributed by atoms with van der Waals surface area (Å²) >= 11 is 6.59. The lowest BCUT2D eigenvalue weighted by molar-refractivity contribution is -0.137. The number of aromatic nitrogens is 1. The monoisotopic (exact) mass is 565 g/mol. The quantitative estimate of drug-likeness (QED) is 0.358. The summed E-state index contributed by atoms with van der Waals surface area (Å²) in [5.41, 5.74) is 2.09. The largest absolute Gasteiger partial charge is 0.481 e.